The number of ether oxygens (including phenoxy) is 1. The van der Waals surface area contributed by atoms with E-state index in [2.05, 4.69) is 4.74 Å². The molecule has 2 unspecified atom stereocenters. The second-order valence-corrected chi connectivity index (χ2v) is 8.06. The predicted octanol–water partition coefficient (Wildman–Crippen LogP) is 5.76. The van der Waals surface area contributed by atoms with Crippen molar-refractivity contribution in [3.63, 3.8) is 0 Å². The molecule has 0 radical (unpaired) electrons. The van der Waals surface area contributed by atoms with Gasteiger partial charge in [-0.05, 0) is 30.6 Å². The van der Waals surface area contributed by atoms with Gasteiger partial charge in [-0.3, -0.25) is 4.79 Å². The Bertz CT molecular complexity index is 419. The Hall–Kier alpha value is -0.950. The Kier molecular flexibility index (Phi) is 6.84. The topological polar surface area (TPSA) is 26.3 Å². The number of halogens is 6. The lowest BCUT2D eigenvalue weighted by atomic mass is 9.65. The maximum absolute atomic E-state index is 12.7. The summed E-state index contributed by atoms with van der Waals surface area (Å²) in [6, 6.07) is 0. The first-order valence-electron chi connectivity index (χ1n) is 7.67. The van der Waals surface area contributed by atoms with E-state index in [0.29, 0.717) is 0 Å². The summed E-state index contributed by atoms with van der Waals surface area (Å²) in [5, 5.41) is 0. The third kappa shape index (κ3) is 6.16. The van der Waals surface area contributed by atoms with Gasteiger partial charge in [0.05, 0.1) is 5.41 Å². The van der Waals surface area contributed by atoms with Gasteiger partial charge in [0.25, 0.3) is 6.10 Å². The average Bonchev–Trinajstić information content (AvgIpc) is 2.29. The quantitative estimate of drug-likeness (QED) is 0.458. The van der Waals surface area contributed by atoms with Crippen LogP contribution in [0.15, 0.2) is 0 Å². The van der Waals surface area contributed by atoms with Gasteiger partial charge in [-0.25, -0.2) is 0 Å². The molecule has 2 nitrogen and oxygen atoms in total. The SMILES string of the molecule is CC(C)C(C)C(C)(CC(C)(C)C)C(=O)OC(C(F)(F)F)C(F)(F)F. The van der Waals surface area contributed by atoms with Crippen molar-refractivity contribution in [3.05, 3.63) is 0 Å². The molecular weight excluding hydrogens is 338 g/mol. The molecule has 0 aliphatic carbocycles. The van der Waals surface area contributed by atoms with Crippen molar-refractivity contribution in [1.82, 2.24) is 0 Å². The van der Waals surface area contributed by atoms with Crippen LogP contribution in [0.4, 0.5) is 26.3 Å². The Morgan fingerprint density at radius 1 is 0.875 bits per heavy atom. The molecule has 24 heavy (non-hydrogen) atoms. The monoisotopic (exact) mass is 364 g/mol. The Balaban J connectivity index is 5.77. The molecule has 0 aromatic carbocycles. The summed E-state index contributed by atoms with van der Waals surface area (Å²) in [5.74, 6) is -2.07. The second kappa shape index (κ2) is 7.12. The maximum atomic E-state index is 12.7. The smallest absolute Gasteiger partial charge is 0.434 e. The standard InChI is InChI=1S/C16H26F6O2/c1-9(2)10(3)14(7,8-13(4,5)6)12(23)24-11(15(17,18)19)16(20,21)22/h9-11H,8H2,1-7H3. The van der Waals surface area contributed by atoms with Crippen LogP contribution in [0.25, 0.3) is 0 Å². The van der Waals surface area contributed by atoms with E-state index >= 15 is 0 Å². The molecule has 0 N–H and O–H groups in total. The molecule has 8 heteroatoms. The molecule has 0 fully saturated rings. The molecule has 0 amide bonds. The van der Waals surface area contributed by atoms with E-state index < -0.39 is 41.2 Å². The molecule has 144 valence electrons. The normalized spacial score (nSPS) is 17.8. The van der Waals surface area contributed by atoms with Gasteiger partial charge in [0.2, 0.25) is 0 Å². The molecule has 0 heterocycles. The average molecular weight is 364 g/mol. The first-order valence-corrected chi connectivity index (χ1v) is 7.67. The summed E-state index contributed by atoms with van der Waals surface area (Å²) in [4.78, 5) is 12.4. The van der Waals surface area contributed by atoms with Gasteiger partial charge in [-0.15, -0.1) is 0 Å². The summed E-state index contributed by atoms with van der Waals surface area (Å²) in [6.07, 6.45) is -15.4. The van der Waals surface area contributed by atoms with Crippen molar-refractivity contribution in [1.29, 1.82) is 0 Å². The van der Waals surface area contributed by atoms with Crippen LogP contribution in [0.1, 0.15) is 54.9 Å². The molecule has 0 aromatic heterocycles. The van der Waals surface area contributed by atoms with Crippen LogP contribution in [0, 0.1) is 22.7 Å². The number of carbonyl (C=O) groups is 1. The number of carbonyl (C=O) groups excluding carboxylic acids is 1. The first kappa shape index (κ1) is 23.1. The lowest BCUT2D eigenvalue weighted by Crippen LogP contribution is -2.50. The van der Waals surface area contributed by atoms with Crippen molar-refractivity contribution in [2.24, 2.45) is 22.7 Å². The molecule has 0 aliphatic rings. The fraction of sp³-hybridized carbons (Fsp3) is 0.938. The van der Waals surface area contributed by atoms with Gasteiger partial charge in [0.15, 0.2) is 0 Å². The zero-order valence-corrected chi connectivity index (χ0v) is 15.0. The third-order valence-electron chi connectivity index (χ3n) is 4.19. The summed E-state index contributed by atoms with van der Waals surface area (Å²) in [6.45, 7) is 11.8. The highest BCUT2D eigenvalue weighted by Gasteiger charge is 2.61. The van der Waals surface area contributed by atoms with E-state index in [-0.39, 0.29) is 12.3 Å². The van der Waals surface area contributed by atoms with Gasteiger partial charge in [-0.2, -0.15) is 26.3 Å². The number of rotatable bonds is 5. The third-order valence-corrected chi connectivity index (χ3v) is 4.19. The first-order chi connectivity index (χ1) is 10.3. The van der Waals surface area contributed by atoms with Crippen molar-refractivity contribution >= 4 is 5.97 Å². The molecule has 0 saturated heterocycles. The summed E-state index contributed by atoms with van der Waals surface area (Å²) < 4.78 is 80.0. The fourth-order valence-electron chi connectivity index (χ4n) is 2.82. The van der Waals surface area contributed by atoms with Gasteiger partial charge in [0, 0.05) is 0 Å². The Labute approximate surface area is 138 Å². The van der Waals surface area contributed by atoms with Gasteiger partial charge in [-0.1, -0.05) is 41.5 Å². The van der Waals surface area contributed by atoms with E-state index in [9.17, 15) is 31.1 Å². The minimum Gasteiger partial charge on any atom is -0.442 e. The molecule has 0 saturated carbocycles. The fourth-order valence-corrected chi connectivity index (χ4v) is 2.82. The van der Waals surface area contributed by atoms with E-state index in [1.807, 2.05) is 0 Å². The Morgan fingerprint density at radius 2 is 1.25 bits per heavy atom. The largest absolute Gasteiger partial charge is 0.442 e. The van der Waals surface area contributed by atoms with Crippen LogP contribution < -0.4 is 0 Å². The van der Waals surface area contributed by atoms with Crippen molar-refractivity contribution in [2.45, 2.75) is 73.3 Å². The molecule has 0 aromatic rings. The highest BCUT2D eigenvalue weighted by Crippen LogP contribution is 2.45. The van der Waals surface area contributed by atoms with E-state index in [1.54, 1.807) is 41.5 Å². The summed E-state index contributed by atoms with van der Waals surface area (Å²) in [5.41, 5.74) is -1.95. The molecule has 2 atom stereocenters. The highest BCUT2D eigenvalue weighted by atomic mass is 19.4. The van der Waals surface area contributed by atoms with Gasteiger partial charge < -0.3 is 4.74 Å². The zero-order chi connectivity index (χ0) is 19.7. The number of hydrogen-bond acceptors (Lipinski definition) is 2. The lowest BCUT2D eigenvalue weighted by molar-refractivity contribution is -0.316. The van der Waals surface area contributed by atoms with E-state index in [4.69, 9.17) is 0 Å². The van der Waals surface area contributed by atoms with Crippen LogP contribution in [0.5, 0.6) is 0 Å². The summed E-state index contributed by atoms with van der Waals surface area (Å²) >= 11 is 0. The number of alkyl halides is 6. The maximum Gasteiger partial charge on any atom is 0.434 e. The summed E-state index contributed by atoms with van der Waals surface area (Å²) in [7, 11) is 0. The van der Waals surface area contributed by atoms with Crippen molar-refractivity contribution < 1.29 is 35.9 Å². The van der Waals surface area contributed by atoms with E-state index in [1.165, 1.54) is 6.92 Å². The highest BCUT2D eigenvalue weighted by molar-refractivity contribution is 5.77. The minimum absolute atomic E-state index is 0.0978. The predicted molar refractivity (Wildman–Crippen MR) is 78.2 cm³/mol. The van der Waals surface area contributed by atoms with Gasteiger partial charge >= 0.3 is 18.3 Å². The molecule has 0 bridgehead atoms. The minimum atomic E-state index is -5.71. The molecule has 0 aliphatic heterocycles. The second-order valence-electron chi connectivity index (χ2n) is 8.06. The molecule has 0 spiro atoms. The Morgan fingerprint density at radius 3 is 1.50 bits per heavy atom. The number of hydrogen-bond donors (Lipinski definition) is 0. The van der Waals surface area contributed by atoms with Crippen LogP contribution in [-0.2, 0) is 9.53 Å². The van der Waals surface area contributed by atoms with Gasteiger partial charge in [0.1, 0.15) is 0 Å². The molecule has 0 rings (SSSR count). The lowest BCUT2D eigenvalue weighted by Gasteiger charge is -2.41. The van der Waals surface area contributed by atoms with E-state index in [0.717, 1.165) is 0 Å². The number of esters is 1. The molecular formula is C16H26F6O2. The van der Waals surface area contributed by atoms with Crippen LogP contribution >= 0.6 is 0 Å². The zero-order valence-electron chi connectivity index (χ0n) is 15.0. The van der Waals surface area contributed by atoms with Crippen LogP contribution in [0.2, 0.25) is 0 Å². The van der Waals surface area contributed by atoms with Crippen LogP contribution in [0.3, 0.4) is 0 Å². The van der Waals surface area contributed by atoms with Crippen LogP contribution in [-0.4, -0.2) is 24.4 Å². The van der Waals surface area contributed by atoms with Crippen molar-refractivity contribution in [3.8, 4) is 0 Å². The van der Waals surface area contributed by atoms with Crippen molar-refractivity contribution in [2.75, 3.05) is 0 Å².